The zero-order chi connectivity index (χ0) is 55.7. The fourth-order valence-corrected chi connectivity index (χ4v) is 15.9. The van der Waals surface area contributed by atoms with Crippen molar-refractivity contribution in [2.75, 3.05) is 77.5 Å². The number of cyclic esters (lactones) is 1. The number of esters is 1. The zero-order valence-electron chi connectivity index (χ0n) is 48.9. The number of pyridine rings is 1. The predicted octanol–water partition coefficient (Wildman–Crippen LogP) is 7.65. The van der Waals surface area contributed by atoms with Crippen molar-refractivity contribution < 1.29 is 28.7 Å². The number of nitrogens with one attached hydrogen (secondary N) is 3. The van der Waals surface area contributed by atoms with E-state index in [1.165, 1.54) is 44.2 Å². The standard InChI is InChI=1S/C65H88N10O6/c1-6-74-54-22-21-46-33-49(54)51(59(74)50-34-48(36-66-55(50)41(2)80-5)71-30-29-70-25-10-9-17-47(70)37-71)35-64(3,4)40-81-63(79)52-18-12-26-75(69-52)61(77)53(32-42-13-11-16-45(46)31-42)67-60(76)58(44-14-7-8-15-44)72-27-23-65(38-72)24-28-73(39-65)62(78)57-56(68-57)43-19-20-43/h11,13,16,21-22,31,33-34,36,41,43-44,47,52-53,56-58,68-69H,6-10,12,14-15,17-20,23-30,32,35,37-40H2,1-5H3,(H,67,76)/t41-,47+,52-,53-,56?,57+,58?,65-/m0/s1. The molecule has 16 heteroatoms. The highest BCUT2D eigenvalue weighted by Crippen LogP contribution is 2.47. The second-order valence-electron chi connectivity index (χ2n) is 26.9. The third-order valence-electron chi connectivity index (χ3n) is 20.6. The molecule has 2 aromatic carbocycles. The normalized spacial score (nSPS) is 29.2. The minimum Gasteiger partial charge on any atom is -0.464 e. The van der Waals surface area contributed by atoms with Gasteiger partial charge in [0.1, 0.15) is 18.1 Å². The van der Waals surface area contributed by atoms with Crippen molar-refractivity contribution in [1.82, 2.24) is 45.3 Å². The van der Waals surface area contributed by atoms with Gasteiger partial charge in [-0.3, -0.25) is 44.3 Å². The van der Waals surface area contributed by atoms with E-state index in [0.717, 1.165) is 141 Å². The van der Waals surface area contributed by atoms with Gasteiger partial charge in [-0.1, -0.05) is 63.4 Å². The Hall–Kier alpha value is -5.39. The topological polar surface area (TPSA) is 167 Å². The average molecular weight is 1110 g/mol. The minimum absolute atomic E-state index is 0.0251. The molecule has 8 fully saturated rings. The maximum atomic E-state index is 15.3. The summed E-state index contributed by atoms with van der Waals surface area (Å²) in [6.45, 7) is 17.2. The molecule has 434 valence electrons. The number of piperazine rings is 1. The van der Waals surface area contributed by atoms with Gasteiger partial charge in [-0.15, -0.1) is 0 Å². The van der Waals surface area contributed by atoms with Crippen molar-refractivity contribution in [2.45, 2.75) is 173 Å². The van der Waals surface area contributed by atoms with E-state index in [0.29, 0.717) is 43.8 Å². The monoisotopic (exact) mass is 1100 g/mol. The molecule has 81 heavy (non-hydrogen) atoms. The largest absolute Gasteiger partial charge is 0.464 e. The molecular weight excluding hydrogens is 1020 g/mol. The summed E-state index contributed by atoms with van der Waals surface area (Å²) in [6.07, 6.45) is 16.1. The molecule has 0 radical (unpaired) electrons. The summed E-state index contributed by atoms with van der Waals surface area (Å²) in [7, 11) is 1.76. The molecule has 2 aliphatic carbocycles. The van der Waals surface area contributed by atoms with Gasteiger partial charge in [0.2, 0.25) is 11.8 Å². The van der Waals surface area contributed by atoms with Crippen LogP contribution in [-0.4, -0.2) is 162 Å². The Bertz CT molecular complexity index is 3040. The molecule has 6 bridgehead atoms. The molecule has 13 rings (SSSR count). The number of methoxy groups -OCH3 is 1. The van der Waals surface area contributed by atoms with Crippen LogP contribution in [0.15, 0.2) is 54.7 Å². The molecule has 3 N–H and O–H groups in total. The molecule has 2 aromatic heterocycles. The van der Waals surface area contributed by atoms with Gasteiger partial charge >= 0.3 is 5.97 Å². The van der Waals surface area contributed by atoms with Crippen LogP contribution in [0.5, 0.6) is 0 Å². The van der Waals surface area contributed by atoms with Gasteiger partial charge in [0, 0.05) is 105 Å². The molecule has 9 aliphatic rings. The van der Waals surface area contributed by atoms with Crippen molar-refractivity contribution >= 4 is 40.3 Å². The SMILES string of the molecule is CCn1c(-c2cc(N3CCN4CCCC[C@@H]4C3)cnc2[C@H](C)OC)c2c3cc(ccc31)-c1cccc(c1)C[C@H](NC(=O)C(C1CCCC1)N1CC[C@]3(CCN(C(=O)[C@@H]4NC4C4CC4)C3)C1)C(=O)N1CCC[C@H](N1)C(=O)OCC(C)(C)C2. The Balaban J connectivity index is 0.837. The molecule has 7 aliphatic heterocycles. The average Bonchev–Trinajstić information content (AvgIpc) is 4.44. The van der Waals surface area contributed by atoms with Gasteiger partial charge in [0.25, 0.3) is 5.91 Å². The third kappa shape index (κ3) is 10.9. The Morgan fingerprint density at radius 3 is 2.52 bits per heavy atom. The van der Waals surface area contributed by atoms with E-state index in [1.807, 2.05) is 0 Å². The molecule has 6 saturated heterocycles. The number of fused-ring (bicyclic) bond motifs is 7. The van der Waals surface area contributed by atoms with Gasteiger partial charge in [0.05, 0.1) is 42.0 Å². The first-order valence-corrected chi connectivity index (χ1v) is 31.4. The number of aryl methyl sites for hydroxylation is 1. The first-order valence-electron chi connectivity index (χ1n) is 31.4. The smallest absolute Gasteiger partial charge is 0.324 e. The second-order valence-corrected chi connectivity index (χ2v) is 26.9. The van der Waals surface area contributed by atoms with Crippen molar-refractivity contribution in [3.05, 3.63) is 71.5 Å². The highest BCUT2D eigenvalue weighted by Gasteiger charge is 2.55. The van der Waals surface area contributed by atoms with E-state index < -0.39 is 17.5 Å². The number of anilines is 1. The molecule has 16 nitrogen and oxygen atoms in total. The van der Waals surface area contributed by atoms with Crippen molar-refractivity contribution in [2.24, 2.45) is 22.7 Å². The molecule has 3 amide bonds. The zero-order valence-corrected chi connectivity index (χ0v) is 48.9. The first kappa shape index (κ1) is 54.8. The maximum absolute atomic E-state index is 15.3. The summed E-state index contributed by atoms with van der Waals surface area (Å²) in [6, 6.07) is 16.5. The molecule has 2 saturated carbocycles. The molecule has 9 heterocycles. The van der Waals surface area contributed by atoms with Gasteiger partial charge in [-0.25, -0.2) is 5.43 Å². The molecule has 1 spiro atoms. The molecule has 8 atom stereocenters. The van der Waals surface area contributed by atoms with Crippen LogP contribution in [0, 0.1) is 22.7 Å². The van der Waals surface area contributed by atoms with Gasteiger partial charge in [-0.2, -0.15) is 0 Å². The summed E-state index contributed by atoms with van der Waals surface area (Å²) < 4.78 is 14.9. The fraction of sp³-hybridized carbons (Fsp3) is 0.646. The van der Waals surface area contributed by atoms with Crippen LogP contribution in [0.2, 0.25) is 0 Å². The van der Waals surface area contributed by atoms with Crippen LogP contribution in [0.25, 0.3) is 33.3 Å². The van der Waals surface area contributed by atoms with E-state index in [-0.39, 0.29) is 66.2 Å². The Morgan fingerprint density at radius 1 is 0.889 bits per heavy atom. The number of aromatic nitrogens is 2. The number of ether oxygens (including phenoxy) is 2. The van der Waals surface area contributed by atoms with Crippen molar-refractivity contribution in [1.29, 1.82) is 0 Å². The third-order valence-corrected chi connectivity index (χ3v) is 20.6. The first-order chi connectivity index (χ1) is 39.3. The second kappa shape index (κ2) is 22.3. The van der Waals surface area contributed by atoms with Crippen LogP contribution in [-0.2, 0) is 48.0 Å². The summed E-state index contributed by atoms with van der Waals surface area (Å²) in [5.41, 5.74) is 12.3. The van der Waals surface area contributed by atoms with Gasteiger partial charge in [0.15, 0.2) is 0 Å². The number of hydrogen-bond donors (Lipinski definition) is 3. The summed E-state index contributed by atoms with van der Waals surface area (Å²) in [4.78, 5) is 73.5. The summed E-state index contributed by atoms with van der Waals surface area (Å²) in [5.74, 6) is 0.360. The van der Waals surface area contributed by atoms with Crippen LogP contribution in [0.3, 0.4) is 0 Å². The number of rotatable bonds is 11. The number of carbonyl (C=O) groups is 4. The van der Waals surface area contributed by atoms with E-state index >= 15 is 9.59 Å². The lowest BCUT2D eigenvalue weighted by molar-refractivity contribution is -0.155. The van der Waals surface area contributed by atoms with E-state index in [1.54, 1.807) is 12.1 Å². The maximum Gasteiger partial charge on any atom is 0.324 e. The molecule has 2 unspecified atom stereocenters. The summed E-state index contributed by atoms with van der Waals surface area (Å²) >= 11 is 0. The highest BCUT2D eigenvalue weighted by atomic mass is 16.5. The number of piperidine rings is 1. The van der Waals surface area contributed by atoms with Crippen LogP contribution in [0.1, 0.15) is 134 Å². The number of carbonyl (C=O) groups excluding carboxylic acids is 4. The lowest BCUT2D eigenvalue weighted by Crippen LogP contribution is -2.62. The number of nitrogens with zero attached hydrogens (tertiary/aromatic N) is 7. The minimum atomic E-state index is -0.895. The quantitative estimate of drug-likeness (QED) is 0.0994. The van der Waals surface area contributed by atoms with Crippen molar-refractivity contribution in [3.8, 4) is 22.4 Å². The van der Waals surface area contributed by atoms with E-state index in [9.17, 15) is 9.59 Å². The highest BCUT2D eigenvalue weighted by molar-refractivity contribution is 5.96. The van der Waals surface area contributed by atoms with Gasteiger partial charge in [-0.05, 0) is 150 Å². The Labute approximate surface area is 479 Å². The number of amides is 3. The number of benzene rings is 2. The lowest BCUT2D eigenvalue weighted by atomic mass is 9.84. The molecule has 4 aromatic rings. The van der Waals surface area contributed by atoms with E-state index in [2.05, 4.69) is 123 Å². The van der Waals surface area contributed by atoms with Crippen LogP contribution in [0.4, 0.5) is 5.69 Å². The number of hydrogen-bond acceptors (Lipinski definition) is 12. The Kier molecular flexibility index (Phi) is 15.1. The fourth-order valence-electron chi connectivity index (χ4n) is 15.9. The number of likely N-dealkylation sites (tertiary alicyclic amines) is 2. The number of hydrazine groups is 1. The van der Waals surface area contributed by atoms with Crippen LogP contribution < -0.4 is 21.0 Å². The summed E-state index contributed by atoms with van der Waals surface area (Å²) in [5, 5.41) is 9.61. The molecular formula is C65H88N10O6. The van der Waals surface area contributed by atoms with Crippen LogP contribution >= 0.6 is 0 Å². The van der Waals surface area contributed by atoms with Crippen molar-refractivity contribution in [3.63, 3.8) is 0 Å². The Morgan fingerprint density at radius 2 is 1.70 bits per heavy atom. The van der Waals surface area contributed by atoms with Gasteiger partial charge < -0.3 is 29.2 Å². The predicted molar refractivity (Wildman–Crippen MR) is 314 cm³/mol. The lowest BCUT2D eigenvalue weighted by Gasteiger charge is -2.45. The van der Waals surface area contributed by atoms with E-state index in [4.69, 9.17) is 14.5 Å².